The molecule has 1 N–H and O–H groups in total. The average molecular weight is 346 g/mol. The largest absolute Gasteiger partial charge is 0.356 e. The second-order valence-corrected chi connectivity index (χ2v) is 6.79. The number of piperidine rings is 1. The summed E-state index contributed by atoms with van der Waals surface area (Å²) in [5, 5.41) is 2.90. The molecule has 2 heterocycles. The van der Waals surface area contributed by atoms with Gasteiger partial charge in [-0.3, -0.25) is 9.59 Å². The first-order valence-corrected chi connectivity index (χ1v) is 9.34. The Morgan fingerprint density at radius 3 is 2.48 bits per heavy atom. The fourth-order valence-corrected chi connectivity index (χ4v) is 3.33. The van der Waals surface area contributed by atoms with Gasteiger partial charge < -0.3 is 10.2 Å². The van der Waals surface area contributed by atoms with Crippen molar-refractivity contribution in [1.82, 2.24) is 20.2 Å². The first-order chi connectivity index (χ1) is 12.0. The van der Waals surface area contributed by atoms with E-state index in [4.69, 9.17) is 0 Å². The maximum atomic E-state index is 12.0. The minimum Gasteiger partial charge on any atom is -0.356 e. The summed E-state index contributed by atoms with van der Waals surface area (Å²) in [4.78, 5) is 35.3. The summed E-state index contributed by atoms with van der Waals surface area (Å²) in [6, 6.07) is 0. The molecule has 1 aliphatic rings. The fraction of sp³-hybridized carbons (Fsp3) is 0.684. The lowest BCUT2D eigenvalue weighted by molar-refractivity contribution is -0.132. The van der Waals surface area contributed by atoms with Crippen LogP contribution in [0.4, 0.5) is 0 Å². The topological polar surface area (TPSA) is 75.2 Å². The van der Waals surface area contributed by atoms with Crippen molar-refractivity contribution in [3.05, 3.63) is 22.8 Å². The molecule has 2 rings (SSSR count). The molecular formula is C19H30N4O2. The van der Waals surface area contributed by atoms with Crippen LogP contribution in [0.15, 0.2) is 0 Å². The molecule has 1 aromatic rings. The predicted molar refractivity (Wildman–Crippen MR) is 97.4 cm³/mol. The molecule has 0 spiro atoms. The summed E-state index contributed by atoms with van der Waals surface area (Å²) in [6.07, 6.45) is 3.77. The average Bonchev–Trinajstić information content (AvgIpc) is 2.62. The summed E-state index contributed by atoms with van der Waals surface area (Å²) in [5.41, 5.74) is 2.65. The molecule has 6 nitrogen and oxygen atoms in total. The highest BCUT2D eigenvalue weighted by molar-refractivity contribution is 5.79. The van der Waals surface area contributed by atoms with Gasteiger partial charge in [-0.1, -0.05) is 13.8 Å². The molecule has 0 unspecified atom stereocenters. The normalized spacial score (nSPS) is 17.4. The van der Waals surface area contributed by atoms with Gasteiger partial charge in [0.25, 0.3) is 0 Å². The van der Waals surface area contributed by atoms with Crippen molar-refractivity contribution in [3.8, 4) is 0 Å². The summed E-state index contributed by atoms with van der Waals surface area (Å²) >= 11 is 0. The molecule has 25 heavy (non-hydrogen) atoms. The lowest BCUT2D eigenvalue weighted by Gasteiger charge is -2.32. The molecule has 6 heteroatoms. The van der Waals surface area contributed by atoms with Crippen LogP contribution in [0.25, 0.3) is 0 Å². The van der Waals surface area contributed by atoms with E-state index in [0.29, 0.717) is 25.9 Å². The number of hydrogen-bond acceptors (Lipinski definition) is 4. The number of amides is 2. The van der Waals surface area contributed by atoms with Gasteiger partial charge in [0, 0.05) is 48.9 Å². The molecule has 1 aromatic heterocycles. The Morgan fingerprint density at radius 2 is 1.88 bits per heavy atom. The van der Waals surface area contributed by atoms with Gasteiger partial charge >= 0.3 is 0 Å². The van der Waals surface area contributed by atoms with Crippen molar-refractivity contribution in [2.45, 2.75) is 65.7 Å². The Bertz CT molecular complexity index is 607. The van der Waals surface area contributed by atoms with E-state index in [1.165, 1.54) is 0 Å². The molecule has 0 saturated carbocycles. The van der Waals surface area contributed by atoms with Gasteiger partial charge in [-0.2, -0.15) is 0 Å². The number of nitrogens with zero attached hydrogens (tertiary/aromatic N) is 3. The standard InChI is InChI=1S/C19H30N4O2/c1-5-9-20-17(24)11-16-13(3)21-19(22-14(16)4)15-8-7-10-23(12-15)18(25)6-2/h15H,5-12H2,1-4H3,(H,20,24)/t15-/m1/s1. The molecule has 2 amide bonds. The third-order valence-electron chi connectivity index (χ3n) is 4.79. The molecule has 1 saturated heterocycles. The van der Waals surface area contributed by atoms with Crippen LogP contribution in [0.1, 0.15) is 68.2 Å². The van der Waals surface area contributed by atoms with Crippen LogP contribution in [0, 0.1) is 13.8 Å². The van der Waals surface area contributed by atoms with Gasteiger partial charge in [-0.05, 0) is 33.1 Å². The third kappa shape index (κ3) is 5.00. The molecule has 0 aromatic carbocycles. The van der Waals surface area contributed by atoms with Crippen LogP contribution in [-0.4, -0.2) is 46.3 Å². The van der Waals surface area contributed by atoms with Gasteiger partial charge in [0.2, 0.25) is 11.8 Å². The van der Waals surface area contributed by atoms with Crippen molar-refractivity contribution in [1.29, 1.82) is 0 Å². The van der Waals surface area contributed by atoms with Gasteiger partial charge in [0.1, 0.15) is 5.82 Å². The van der Waals surface area contributed by atoms with Crippen LogP contribution in [0.2, 0.25) is 0 Å². The zero-order valence-electron chi connectivity index (χ0n) is 15.9. The number of likely N-dealkylation sites (tertiary alicyclic amines) is 1. The van der Waals surface area contributed by atoms with E-state index in [2.05, 4.69) is 15.3 Å². The highest BCUT2D eigenvalue weighted by atomic mass is 16.2. The monoisotopic (exact) mass is 346 g/mol. The number of nitrogens with one attached hydrogen (secondary N) is 1. The van der Waals surface area contributed by atoms with E-state index >= 15 is 0 Å². The molecule has 1 aliphatic heterocycles. The Labute approximate surface area is 150 Å². The highest BCUT2D eigenvalue weighted by Gasteiger charge is 2.26. The number of hydrogen-bond donors (Lipinski definition) is 1. The maximum Gasteiger partial charge on any atom is 0.224 e. The first-order valence-electron chi connectivity index (χ1n) is 9.34. The maximum absolute atomic E-state index is 12.0. The molecule has 138 valence electrons. The SMILES string of the molecule is CCCNC(=O)Cc1c(C)nc([C@@H]2CCCN(C(=O)CC)C2)nc1C. The number of aromatic nitrogens is 2. The van der Waals surface area contributed by atoms with Gasteiger partial charge in [-0.25, -0.2) is 9.97 Å². The fourth-order valence-electron chi connectivity index (χ4n) is 3.33. The zero-order valence-corrected chi connectivity index (χ0v) is 15.9. The van der Waals surface area contributed by atoms with Crippen molar-refractivity contribution in [2.24, 2.45) is 0 Å². The van der Waals surface area contributed by atoms with Crippen molar-refractivity contribution in [3.63, 3.8) is 0 Å². The van der Waals surface area contributed by atoms with Gasteiger partial charge in [-0.15, -0.1) is 0 Å². The van der Waals surface area contributed by atoms with Crippen LogP contribution >= 0.6 is 0 Å². The van der Waals surface area contributed by atoms with E-state index in [0.717, 1.165) is 48.6 Å². The zero-order chi connectivity index (χ0) is 18.4. The second-order valence-electron chi connectivity index (χ2n) is 6.79. The van der Waals surface area contributed by atoms with Crippen molar-refractivity contribution >= 4 is 11.8 Å². The van der Waals surface area contributed by atoms with E-state index in [1.807, 2.05) is 32.6 Å². The Balaban J connectivity index is 2.13. The molecular weight excluding hydrogens is 316 g/mol. The smallest absolute Gasteiger partial charge is 0.224 e. The summed E-state index contributed by atoms with van der Waals surface area (Å²) in [6.45, 7) is 10.0. The Morgan fingerprint density at radius 1 is 1.20 bits per heavy atom. The van der Waals surface area contributed by atoms with E-state index in [-0.39, 0.29) is 17.7 Å². The van der Waals surface area contributed by atoms with Gasteiger partial charge in [0.15, 0.2) is 0 Å². The summed E-state index contributed by atoms with van der Waals surface area (Å²) < 4.78 is 0. The molecule has 0 radical (unpaired) electrons. The van der Waals surface area contributed by atoms with Crippen molar-refractivity contribution < 1.29 is 9.59 Å². The second kappa shape index (κ2) is 8.92. The number of carbonyl (C=O) groups excluding carboxylic acids is 2. The first kappa shape index (κ1) is 19.3. The van der Waals surface area contributed by atoms with E-state index in [9.17, 15) is 9.59 Å². The highest BCUT2D eigenvalue weighted by Crippen LogP contribution is 2.26. The van der Waals surface area contributed by atoms with Crippen LogP contribution in [0.3, 0.4) is 0 Å². The molecule has 1 atom stereocenters. The number of rotatable bonds is 6. The quantitative estimate of drug-likeness (QED) is 0.857. The summed E-state index contributed by atoms with van der Waals surface area (Å²) in [7, 11) is 0. The molecule has 1 fully saturated rings. The summed E-state index contributed by atoms with van der Waals surface area (Å²) in [5.74, 6) is 1.20. The Hall–Kier alpha value is -1.98. The minimum atomic E-state index is 0.0155. The van der Waals surface area contributed by atoms with Crippen LogP contribution in [-0.2, 0) is 16.0 Å². The molecule has 0 aliphatic carbocycles. The van der Waals surface area contributed by atoms with Crippen molar-refractivity contribution in [2.75, 3.05) is 19.6 Å². The minimum absolute atomic E-state index is 0.0155. The van der Waals surface area contributed by atoms with Crippen LogP contribution < -0.4 is 5.32 Å². The van der Waals surface area contributed by atoms with Gasteiger partial charge in [0.05, 0.1) is 6.42 Å². The predicted octanol–water partition coefficient (Wildman–Crippen LogP) is 2.28. The number of carbonyl (C=O) groups is 2. The Kier molecular flexibility index (Phi) is 6.91. The van der Waals surface area contributed by atoms with E-state index in [1.54, 1.807) is 0 Å². The molecule has 0 bridgehead atoms. The van der Waals surface area contributed by atoms with Crippen LogP contribution in [0.5, 0.6) is 0 Å². The lowest BCUT2D eigenvalue weighted by atomic mass is 9.96. The van der Waals surface area contributed by atoms with E-state index < -0.39 is 0 Å². The number of aryl methyl sites for hydroxylation is 2. The lowest BCUT2D eigenvalue weighted by Crippen LogP contribution is -2.39. The third-order valence-corrected chi connectivity index (χ3v) is 4.79.